The van der Waals surface area contributed by atoms with Crippen LogP contribution in [0.1, 0.15) is 10.4 Å². The van der Waals surface area contributed by atoms with E-state index in [2.05, 4.69) is 26.2 Å². The fourth-order valence-corrected chi connectivity index (χ4v) is 2.45. The number of aromatic nitrogens is 1. The van der Waals surface area contributed by atoms with Crippen molar-refractivity contribution in [2.45, 2.75) is 0 Å². The molecule has 0 fully saturated rings. The van der Waals surface area contributed by atoms with Crippen LogP contribution in [0.5, 0.6) is 0 Å². The first-order chi connectivity index (χ1) is 9.40. The second kappa shape index (κ2) is 6.18. The van der Waals surface area contributed by atoms with E-state index in [1.807, 2.05) is 0 Å². The molecule has 0 atom stereocenters. The number of hydrogen-bond acceptors (Lipinski definition) is 3. The van der Waals surface area contributed by atoms with E-state index in [1.165, 1.54) is 12.3 Å². The minimum Gasteiger partial charge on any atom is -0.397 e. The number of amides is 1. The molecule has 20 heavy (non-hydrogen) atoms. The third kappa shape index (κ3) is 3.17. The minimum absolute atomic E-state index is 0.0519. The Balaban J connectivity index is 2.33. The van der Waals surface area contributed by atoms with Crippen LogP contribution in [-0.2, 0) is 0 Å². The van der Waals surface area contributed by atoms with Crippen molar-refractivity contribution in [1.29, 1.82) is 0 Å². The number of nitrogens with zero attached hydrogens (tertiary/aromatic N) is 1. The Kier molecular flexibility index (Phi) is 4.75. The van der Waals surface area contributed by atoms with Crippen molar-refractivity contribution in [3.63, 3.8) is 0 Å². The van der Waals surface area contributed by atoms with Gasteiger partial charge in [-0.2, -0.15) is 0 Å². The Morgan fingerprint density at radius 2 is 1.95 bits per heavy atom. The zero-order valence-corrected chi connectivity index (χ0v) is 13.6. The smallest absolute Gasteiger partial charge is 0.258 e. The van der Waals surface area contributed by atoms with Crippen LogP contribution in [0, 0.1) is 0 Å². The van der Waals surface area contributed by atoms with E-state index in [1.54, 1.807) is 12.1 Å². The first-order valence-corrected chi connectivity index (χ1v) is 7.18. The van der Waals surface area contributed by atoms with Gasteiger partial charge in [-0.15, -0.1) is 0 Å². The topological polar surface area (TPSA) is 68.0 Å². The first kappa shape index (κ1) is 15.4. The molecule has 3 N–H and O–H groups in total. The van der Waals surface area contributed by atoms with E-state index in [9.17, 15) is 4.79 Å². The van der Waals surface area contributed by atoms with Gasteiger partial charge in [-0.3, -0.25) is 4.79 Å². The Labute approximate surface area is 138 Å². The summed E-state index contributed by atoms with van der Waals surface area (Å²) in [7, 11) is 0. The van der Waals surface area contributed by atoms with Crippen molar-refractivity contribution in [3.8, 4) is 0 Å². The number of halogens is 4. The molecule has 0 aliphatic heterocycles. The van der Waals surface area contributed by atoms with Gasteiger partial charge in [-0.1, -0.05) is 34.8 Å². The zero-order valence-electron chi connectivity index (χ0n) is 9.75. The molecular formula is C12H7BrCl3N3O. The Bertz CT molecular complexity index is 694. The quantitative estimate of drug-likeness (QED) is 0.575. The maximum atomic E-state index is 12.1. The van der Waals surface area contributed by atoms with Crippen molar-refractivity contribution < 1.29 is 4.79 Å². The highest BCUT2D eigenvalue weighted by Crippen LogP contribution is 2.36. The summed E-state index contributed by atoms with van der Waals surface area (Å²) >= 11 is 21.1. The van der Waals surface area contributed by atoms with Crippen LogP contribution in [0.2, 0.25) is 15.2 Å². The van der Waals surface area contributed by atoms with Crippen LogP contribution in [0.4, 0.5) is 11.4 Å². The molecule has 0 saturated carbocycles. The van der Waals surface area contributed by atoms with Crippen LogP contribution in [0.25, 0.3) is 0 Å². The summed E-state index contributed by atoms with van der Waals surface area (Å²) in [6, 6.07) is 4.71. The van der Waals surface area contributed by atoms with Gasteiger partial charge in [-0.05, 0) is 34.1 Å². The van der Waals surface area contributed by atoms with Gasteiger partial charge in [0.25, 0.3) is 5.91 Å². The second-order valence-corrected chi connectivity index (χ2v) is 5.75. The molecule has 2 rings (SSSR count). The van der Waals surface area contributed by atoms with Gasteiger partial charge in [0.2, 0.25) is 0 Å². The fourth-order valence-electron chi connectivity index (χ4n) is 1.44. The maximum Gasteiger partial charge on any atom is 0.258 e. The highest BCUT2D eigenvalue weighted by Gasteiger charge is 2.15. The van der Waals surface area contributed by atoms with Gasteiger partial charge < -0.3 is 11.1 Å². The third-order valence-corrected chi connectivity index (χ3v) is 4.46. The summed E-state index contributed by atoms with van der Waals surface area (Å²) in [4.78, 5) is 15.9. The number of anilines is 2. The number of rotatable bonds is 2. The molecule has 1 aromatic heterocycles. The molecule has 8 heteroatoms. The standard InChI is InChI=1S/C12H7BrCl3N3O/c13-7-1-2-8(10(15)9(7)14)19-12(20)6-3-5(17)4-18-11(6)16/h1-4H,17H2,(H,19,20). The Morgan fingerprint density at radius 1 is 1.25 bits per heavy atom. The Hall–Kier alpha value is -1.01. The SMILES string of the molecule is Nc1cnc(Cl)c(C(=O)Nc2ccc(Br)c(Cl)c2Cl)c1. The molecule has 1 amide bonds. The van der Waals surface area contributed by atoms with E-state index >= 15 is 0 Å². The van der Waals surface area contributed by atoms with Crippen molar-refractivity contribution in [2.75, 3.05) is 11.1 Å². The lowest BCUT2D eigenvalue weighted by atomic mass is 10.2. The molecule has 0 radical (unpaired) electrons. The normalized spacial score (nSPS) is 10.4. The van der Waals surface area contributed by atoms with Crippen molar-refractivity contribution in [2.24, 2.45) is 0 Å². The molecule has 0 saturated heterocycles. The maximum absolute atomic E-state index is 12.1. The van der Waals surface area contributed by atoms with Gasteiger partial charge in [0.1, 0.15) is 5.15 Å². The fraction of sp³-hybridized carbons (Fsp3) is 0. The molecular weight excluding hydrogens is 388 g/mol. The van der Waals surface area contributed by atoms with Crippen molar-refractivity contribution in [1.82, 2.24) is 4.98 Å². The van der Waals surface area contributed by atoms with E-state index in [0.29, 0.717) is 20.9 Å². The lowest BCUT2D eigenvalue weighted by Gasteiger charge is -2.10. The third-order valence-electron chi connectivity index (χ3n) is 2.39. The summed E-state index contributed by atoms with van der Waals surface area (Å²) in [5.74, 6) is -0.477. The first-order valence-electron chi connectivity index (χ1n) is 5.26. The summed E-state index contributed by atoms with van der Waals surface area (Å²) in [5.41, 5.74) is 6.43. The van der Waals surface area contributed by atoms with Gasteiger partial charge in [0, 0.05) is 4.47 Å². The number of carbonyl (C=O) groups excluding carboxylic acids is 1. The highest BCUT2D eigenvalue weighted by molar-refractivity contribution is 9.10. The van der Waals surface area contributed by atoms with Crippen LogP contribution >= 0.6 is 50.7 Å². The summed E-state index contributed by atoms with van der Waals surface area (Å²) in [6.45, 7) is 0. The van der Waals surface area contributed by atoms with Gasteiger partial charge in [-0.25, -0.2) is 4.98 Å². The number of hydrogen-bond donors (Lipinski definition) is 2. The number of nitrogens with two attached hydrogens (primary N) is 1. The number of carbonyl (C=O) groups is 1. The highest BCUT2D eigenvalue weighted by atomic mass is 79.9. The van der Waals surface area contributed by atoms with E-state index in [4.69, 9.17) is 40.5 Å². The molecule has 0 unspecified atom stereocenters. The van der Waals surface area contributed by atoms with E-state index < -0.39 is 5.91 Å². The molecule has 104 valence electrons. The molecule has 4 nitrogen and oxygen atoms in total. The van der Waals surface area contributed by atoms with E-state index in [-0.39, 0.29) is 15.7 Å². The van der Waals surface area contributed by atoms with Crippen LogP contribution < -0.4 is 11.1 Å². The summed E-state index contributed by atoms with van der Waals surface area (Å²) in [5, 5.41) is 3.19. The molecule has 2 aromatic rings. The zero-order chi connectivity index (χ0) is 14.9. The molecule has 1 heterocycles. The lowest BCUT2D eigenvalue weighted by molar-refractivity contribution is 0.102. The van der Waals surface area contributed by atoms with Gasteiger partial charge in [0.05, 0.1) is 33.2 Å². The van der Waals surface area contributed by atoms with Crippen molar-refractivity contribution >= 4 is 68.0 Å². The second-order valence-electron chi connectivity index (χ2n) is 3.78. The number of benzene rings is 1. The Morgan fingerprint density at radius 3 is 2.65 bits per heavy atom. The number of nitrogens with one attached hydrogen (secondary N) is 1. The monoisotopic (exact) mass is 393 g/mol. The van der Waals surface area contributed by atoms with Crippen LogP contribution in [-0.4, -0.2) is 10.9 Å². The van der Waals surface area contributed by atoms with Gasteiger partial charge >= 0.3 is 0 Å². The summed E-state index contributed by atoms with van der Waals surface area (Å²) < 4.78 is 0.630. The predicted molar refractivity (Wildman–Crippen MR) is 85.8 cm³/mol. The van der Waals surface area contributed by atoms with E-state index in [0.717, 1.165) is 0 Å². The van der Waals surface area contributed by atoms with Crippen LogP contribution in [0.15, 0.2) is 28.9 Å². The molecule has 1 aromatic carbocycles. The molecule has 0 spiro atoms. The minimum atomic E-state index is -0.477. The number of nitrogen functional groups attached to an aromatic ring is 1. The molecule has 0 bridgehead atoms. The molecule has 0 aliphatic carbocycles. The van der Waals surface area contributed by atoms with Crippen LogP contribution in [0.3, 0.4) is 0 Å². The average molecular weight is 395 g/mol. The molecule has 0 aliphatic rings. The predicted octanol–water partition coefficient (Wildman–Crippen LogP) is 4.64. The summed E-state index contributed by atoms with van der Waals surface area (Å²) in [6.07, 6.45) is 1.36. The lowest BCUT2D eigenvalue weighted by Crippen LogP contribution is -2.14. The largest absolute Gasteiger partial charge is 0.397 e. The van der Waals surface area contributed by atoms with Crippen molar-refractivity contribution in [3.05, 3.63) is 49.6 Å². The number of pyridine rings is 1. The van der Waals surface area contributed by atoms with Gasteiger partial charge in [0.15, 0.2) is 0 Å². The average Bonchev–Trinajstić information content (AvgIpc) is 2.42.